The molecule has 2 aromatic rings. The summed E-state index contributed by atoms with van der Waals surface area (Å²) in [7, 11) is 3.75. The van der Waals surface area contributed by atoms with Crippen molar-refractivity contribution >= 4 is 45.8 Å². The van der Waals surface area contributed by atoms with E-state index in [0.717, 1.165) is 11.1 Å². The number of halogens is 2. The number of aromatic amines is 1. The van der Waals surface area contributed by atoms with Gasteiger partial charge in [0.2, 0.25) is 5.52 Å². The number of carbonyl (C=O) groups excluding carboxylic acids is 1. The smallest absolute Gasteiger partial charge is 0.233 e. The summed E-state index contributed by atoms with van der Waals surface area (Å²) < 4.78 is 0. The lowest BCUT2D eigenvalue weighted by molar-refractivity contribution is -0.361. The van der Waals surface area contributed by atoms with Gasteiger partial charge in [0.05, 0.1) is 28.5 Å². The van der Waals surface area contributed by atoms with E-state index < -0.39 is 5.97 Å². The van der Waals surface area contributed by atoms with E-state index in [1.165, 1.54) is 0 Å². The molecular weight excluding hydrogens is 287 g/mol. The van der Waals surface area contributed by atoms with E-state index in [1.807, 2.05) is 25.1 Å². The van der Waals surface area contributed by atoms with E-state index in [1.54, 1.807) is 12.1 Å². The Kier molecular flexibility index (Phi) is 3.83. The molecule has 2 rings (SSSR count). The van der Waals surface area contributed by atoms with Crippen LogP contribution in [-0.2, 0) is 11.2 Å². The van der Waals surface area contributed by atoms with Crippen LogP contribution in [0.15, 0.2) is 18.2 Å². The molecule has 0 amide bonds. The minimum Gasteiger partial charge on any atom is -0.550 e. The van der Waals surface area contributed by atoms with E-state index in [0.29, 0.717) is 21.3 Å². The first kappa shape index (κ1) is 13.9. The van der Waals surface area contributed by atoms with Gasteiger partial charge in [0.25, 0.3) is 0 Å². The number of nitrogens with one attached hydrogen (secondary N) is 1. The molecule has 100 valence electrons. The fourth-order valence-electron chi connectivity index (χ4n) is 1.95. The van der Waals surface area contributed by atoms with Gasteiger partial charge in [-0.15, -0.1) is 0 Å². The highest BCUT2D eigenvalue weighted by Gasteiger charge is 2.17. The monoisotopic (exact) mass is 298 g/mol. The molecule has 0 radical (unpaired) electrons. The number of fused-ring (bicyclic) bond motifs is 1. The number of nitrogens with zero attached hydrogens (tertiary/aromatic N) is 1. The van der Waals surface area contributed by atoms with E-state index >= 15 is 0 Å². The van der Waals surface area contributed by atoms with Crippen LogP contribution in [0, 0.1) is 0 Å². The van der Waals surface area contributed by atoms with Crippen LogP contribution < -0.4 is 15.0 Å². The predicted molar refractivity (Wildman–Crippen MR) is 73.6 cm³/mol. The normalized spacial score (nSPS) is 10.7. The Morgan fingerprint density at radius 2 is 2.05 bits per heavy atom. The molecule has 4 nitrogen and oxygen atoms in total. The number of hydrogen-bond acceptors (Lipinski definition) is 3. The predicted octanol–water partition coefficient (Wildman–Crippen LogP) is 1.32. The van der Waals surface area contributed by atoms with Crippen molar-refractivity contribution in [1.29, 1.82) is 0 Å². The number of aliphatic carboxylic acids is 1. The molecule has 1 aromatic heterocycles. The maximum absolute atomic E-state index is 10.7. The molecule has 0 fully saturated rings. The number of carboxylic acids is 1. The average molecular weight is 299 g/mol. The van der Waals surface area contributed by atoms with Crippen LogP contribution in [0.1, 0.15) is 5.69 Å². The number of aromatic nitrogens is 1. The maximum Gasteiger partial charge on any atom is 0.233 e. The molecule has 0 spiro atoms. The van der Waals surface area contributed by atoms with Gasteiger partial charge in [-0.3, -0.25) is 0 Å². The van der Waals surface area contributed by atoms with Crippen molar-refractivity contribution in [2.45, 2.75) is 6.42 Å². The average Bonchev–Trinajstić information content (AvgIpc) is 2.32. The van der Waals surface area contributed by atoms with Gasteiger partial charge >= 0.3 is 0 Å². The third-order valence-corrected chi connectivity index (χ3v) is 3.59. The number of benzene rings is 1. The Morgan fingerprint density at radius 1 is 1.37 bits per heavy atom. The minimum atomic E-state index is -1.15. The number of H-pyrrole nitrogens is 1. The highest BCUT2D eigenvalue weighted by atomic mass is 35.5. The molecule has 1 N–H and O–H groups in total. The summed E-state index contributed by atoms with van der Waals surface area (Å²) in [5.74, 6) is -1.15. The number of carboxylic acid groups (broad SMARTS) is 1. The third kappa shape index (κ3) is 2.74. The SMILES string of the molecule is CN(C)c1cc(CC(=O)[O-])[nH+]c2c(Cl)c(Cl)ccc12. The summed E-state index contributed by atoms with van der Waals surface area (Å²) in [5, 5.41) is 12.4. The van der Waals surface area contributed by atoms with Gasteiger partial charge in [-0.2, -0.15) is 0 Å². The van der Waals surface area contributed by atoms with Crippen molar-refractivity contribution in [1.82, 2.24) is 0 Å². The Morgan fingerprint density at radius 3 is 2.63 bits per heavy atom. The van der Waals surface area contributed by atoms with Crippen LogP contribution in [0.25, 0.3) is 10.9 Å². The van der Waals surface area contributed by atoms with Crippen molar-refractivity contribution in [3.05, 3.63) is 33.9 Å². The van der Waals surface area contributed by atoms with Crippen molar-refractivity contribution in [2.75, 3.05) is 19.0 Å². The highest BCUT2D eigenvalue weighted by molar-refractivity contribution is 6.44. The molecule has 6 heteroatoms. The summed E-state index contributed by atoms with van der Waals surface area (Å²) >= 11 is 12.1. The third-order valence-electron chi connectivity index (χ3n) is 2.78. The van der Waals surface area contributed by atoms with Crippen molar-refractivity contribution < 1.29 is 14.9 Å². The first-order chi connectivity index (χ1) is 8.90. The van der Waals surface area contributed by atoms with Gasteiger partial charge in [0.15, 0.2) is 5.69 Å². The van der Waals surface area contributed by atoms with E-state index in [4.69, 9.17) is 23.2 Å². The Hall–Kier alpha value is -1.52. The van der Waals surface area contributed by atoms with Crippen LogP contribution >= 0.6 is 23.2 Å². The van der Waals surface area contributed by atoms with E-state index in [2.05, 4.69) is 4.98 Å². The molecule has 0 aliphatic rings. The van der Waals surface area contributed by atoms with Crippen molar-refractivity contribution in [3.8, 4) is 0 Å². The number of rotatable bonds is 3. The topological polar surface area (TPSA) is 57.5 Å². The summed E-state index contributed by atoms with van der Waals surface area (Å²) in [6.07, 6.45) is -0.209. The molecule has 0 saturated carbocycles. The molecule has 0 saturated heterocycles. The summed E-state index contributed by atoms with van der Waals surface area (Å²) in [5.41, 5.74) is 2.00. The van der Waals surface area contributed by atoms with E-state index in [9.17, 15) is 9.90 Å². The van der Waals surface area contributed by atoms with Crippen LogP contribution in [0.3, 0.4) is 0 Å². The van der Waals surface area contributed by atoms with Crippen LogP contribution in [0.4, 0.5) is 5.69 Å². The van der Waals surface area contributed by atoms with Gasteiger partial charge in [0, 0.05) is 20.2 Å². The zero-order chi connectivity index (χ0) is 14.2. The standard InChI is InChI=1S/C13H12Cl2N2O2/c1-17(2)10-5-7(6-11(18)19)16-13-8(10)3-4-9(14)12(13)15/h3-5H,6H2,1-2H3,(H,18,19). The minimum absolute atomic E-state index is 0.209. The zero-order valence-electron chi connectivity index (χ0n) is 10.5. The summed E-state index contributed by atoms with van der Waals surface area (Å²) in [4.78, 5) is 15.6. The molecule has 1 heterocycles. The quantitative estimate of drug-likeness (QED) is 0.859. The first-order valence-electron chi connectivity index (χ1n) is 5.60. The highest BCUT2D eigenvalue weighted by Crippen LogP contribution is 2.32. The first-order valence-corrected chi connectivity index (χ1v) is 6.36. The van der Waals surface area contributed by atoms with Crippen molar-refractivity contribution in [2.24, 2.45) is 0 Å². The lowest BCUT2D eigenvalue weighted by atomic mass is 10.1. The largest absolute Gasteiger partial charge is 0.550 e. The Bertz CT molecular complexity index is 657. The van der Waals surface area contributed by atoms with Gasteiger partial charge in [-0.05, 0) is 12.1 Å². The fourth-order valence-corrected chi connectivity index (χ4v) is 2.32. The molecule has 1 aromatic carbocycles. The summed E-state index contributed by atoms with van der Waals surface area (Å²) in [6, 6.07) is 5.33. The Balaban J connectivity index is 2.76. The number of hydrogen-bond donors (Lipinski definition) is 0. The number of carbonyl (C=O) groups is 1. The Labute approximate surface area is 120 Å². The van der Waals surface area contributed by atoms with Crippen LogP contribution in [-0.4, -0.2) is 20.1 Å². The number of pyridine rings is 1. The lowest BCUT2D eigenvalue weighted by Crippen LogP contribution is -2.28. The van der Waals surface area contributed by atoms with Crippen LogP contribution in [0.5, 0.6) is 0 Å². The zero-order valence-corrected chi connectivity index (χ0v) is 12.0. The molecule has 0 unspecified atom stereocenters. The van der Waals surface area contributed by atoms with Gasteiger partial charge in [0.1, 0.15) is 5.02 Å². The molecular formula is C13H12Cl2N2O2. The van der Waals surface area contributed by atoms with Crippen LogP contribution in [0.2, 0.25) is 10.0 Å². The van der Waals surface area contributed by atoms with Gasteiger partial charge < -0.3 is 14.8 Å². The molecule has 0 atom stereocenters. The second-order valence-corrected chi connectivity index (χ2v) is 5.19. The molecule has 0 bridgehead atoms. The van der Waals surface area contributed by atoms with Crippen molar-refractivity contribution in [3.63, 3.8) is 0 Å². The van der Waals surface area contributed by atoms with Gasteiger partial charge in [-0.1, -0.05) is 23.2 Å². The second-order valence-electron chi connectivity index (χ2n) is 4.41. The van der Waals surface area contributed by atoms with Gasteiger partial charge in [-0.25, -0.2) is 4.98 Å². The lowest BCUT2D eigenvalue weighted by Gasteiger charge is -2.15. The second kappa shape index (κ2) is 5.23. The number of anilines is 1. The maximum atomic E-state index is 10.7. The molecule has 0 aliphatic heterocycles. The van der Waals surface area contributed by atoms with E-state index in [-0.39, 0.29) is 6.42 Å². The molecule has 0 aliphatic carbocycles. The molecule has 19 heavy (non-hydrogen) atoms. The fraction of sp³-hybridized carbons (Fsp3) is 0.231. The summed E-state index contributed by atoms with van der Waals surface area (Å²) in [6.45, 7) is 0.